The summed E-state index contributed by atoms with van der Waals surface area (Å²) in [5.41, 5.74) is 8.35. The zero-order chi connectivity index (χ0) is 13.3. The number of aliphatic hydroxyl groups excluding tert-OH is 1. The monoisotopic (exact) mass is 252 g/mol. The molecule has 0 amide bonds. The Morgan fingerprint density at radius 3 is 2.89 bits per heavy atom. The van der Waals surface area contributed by atoms with E-state index < -0.39 is 0 Å². The molecule has 0 spiro atoms. The predicted octanol–water partition coefficient (Wildman–Crippen LogP) is 2.11. The summed E-state index contributed by atoms with van der Waals surface area (Å²) in [6, 6.07) is 3.30. The van der Waals surface area contributed by atoms with E-state index in [1.54, 1.807) is 6.92 Å². The van der Waals surface area contributed by atoms with E-state index in [2.05, 4.69) is 4.90 Å². The van der Waals surface area contributed by atoms with E-state index in [1.165, 1.54) is 6.07 Å². The molecule has 0 aromatic heterocycles. The van der Waals surface area contributed by atoms with Gasteiger partial charge in [0.2, 0.25) is 0 Å². The summed E-state index contributed by atoms with van der Waals surface area (Å²) >= 11 is 0. The standard InChI is InChI=1S/C14H21FN2O/c1-9-6-14(12(10(2)16)7-13(9)15)17-5-3-4-11(17)8-18/h6-7,10-11,18H,3-5,8,16H2,1-2H3/t10-,11?/m0/s1. The third-order valence-corrected chi connectivity index (χ3v) is 3.70. The number of aryl methyl sites for hydroxylation is 1. The number of anilines is 1. The van der Waals surface area contributed by atoms with Crippen LogP contribution in [-0.4, -0.2) is 24.3 Å². The van der Waals surface area contributed by atoms with Gasteiger partial charge in [0.25, 0.3) is 0 Å². The van der Waals surface area contributed by atoms with E-state index in [0.717, 1.165) is 30.6 Å². The van der Waals surface area contributed by atoms with Crippen LogP contribution in [0.5, 0.6) is 0 Å². The minimum atomic E-state index is -0.217. The third-order valence-electron chi connectivity index (χ3n) is 3.70. The Kier molecular flexibility index (Phi) is 3.88. The molecule has 1 saturated heterocycles. The van der Waals surface area contributed by atoms with Crippen molar-refractivity contribution in [3.63, 3.8) is 0 Å². The van der Waals surface area contributed by atoms with E-state index >= 15 is 0 Å². The number of hydrogen-bond donors (Lipinski definition) is 2. The largest absolute Gasteiger partial charge is 0.394 e. The van der Waals surface area contributed by atoms with Crippen LogP contribution in [0.25, 0.3) is 0 Å². The molecule has 0 radical (unpaired) electrons. The lowest BCUT2D eigenvalue weighted by Crippen LogP contribution is -2.33. The van der Waals surface area contributed by atoms with Gasteiger partial charge in [0.1, 0.15) is 5.82 Å². The van der Waals surface area contributed by atoms with Gasteiger partial charge in [-0.1, -0.05) is 0 Å². The zero-order valence-corrected chi connectivity index (χ0v) is 11.0. The van der Waals surface area contributed by atoms with Crippen molar-refractivity contribution in [2.75, 3.05) is 18.1 Å². The molecule has 3 nitrogen and oxygen atoms in total. The molecule has 0 bridgehead atoms. The second-order valence-corrected chi connectivity index (χ2v) is 5.12. The second-order valence-electron chi connectivity index (χ2n) is 5.12. The van der Waals surface area contributed by atoms with Gasteiger partial charge < -0.3 is 15.7 Å². The van der Waals surface area contributed by atoms with E-state index in [0.29, 0.717) is 5.56 Å². The number of benzene rings is 1. The fourth-order valence-electron chi connectivity index (χ4n) is 2.64. The van der Waals surface area contributed by atoms with Crippen molar-refractivity contribution in [3.8, 4) is 0 Å². The van der Waals surface area contributed by atoms with Crippen molar-refractivity contribution < 1.29 is 9.50 Å². The van der Waals surface area contributed by atoms with E-state index in [4.69, 9.17) is 5.73 Å². The molecule has 2 rings (SSSR count). The van der Waals surface area contributed by atoms with E-state index in [9.17, 15) is 9.50 Å². The van der Waals surface area contributed by atoms with Crippen LogP contribution in [0.15, 0.2) is 12.1 Å². The Labute approximate surface area is 107 Å². The van der Waals surface area contributed by atoms with Crippen molar-refractivity contribution >= 4 is 5.69 Å². The van der Waals surface area contributed by atoms with Crippen LogP contribution in [0.2, 0.25) is 0 Å². The molecule has 1 aliphatic rings. The molecule has 2 atom stereocenters. The van der Waals surface area contributed by atoms with Gasteiger partial charge in [-0.15, -0.1) is 0 Å². The van der Waals surface area contributed by atoms with Crippen LogP contribution < -0.4 is 10.6 Å². The van der Waals surface area contributed by atoms with Gasteiger partial charge in [0.15, 0.2) is 0 Å². The highest BCUT2D eigenvalue weighted by Crippen LogP contribution is 2.33. The molecule has 1 fully saturated rings. The Balaban J connectivity index is 2.45. The first kappa shape index (κ1) is 13.3. The molecule has 0 saturated carbocycles. The van der Waals surface area contributed by atoms with Gasteiger partial charge >= 0.3 is 0 Å². The van der Waals surface area contributed by atoms with Crippen LogP contribution in [0.3, 0.4) is 0 Å². The summed E-state index contributed by atoms with van der Waals surface area (Å²) in [4.78, 5) is 2.16. The molecule has 100 valence electrons. The SMILES string of the molecule is Cc1cc(N2CCCC2CO)c([C@H](C)N)cc1F. The summed E-state index contributed by atoms with van der Waals surface area (Å²) in [7, 11) is 0. The lowest BCUT2D eigenvalue weighted by Gasteiger charge is -2.29. The highest BCUT2D eigenvalue weighted by molar-refractivity contribution is 5.58. The topological polar surface area (TPSA) is 49.5 Å². The number of halogens is 1. The fraction of sp³-hybridized carbons (Fsp3) is 0.571. The molecule has 0 aliphatic carbocycles. The highest BCUT2D eigenvalue weighted by Gasteiger charge is 2.27. The quantitative estimate of drug-likeness (QED) is 0.866. The van der Waals surface area contributed by atoms with Crippen LogP contribution in [0.1, 0.15) is 36.9 Å². The average Bonchev–Trinajstić information content (AvgIpc) is 2.79. The van der Waals surface area contributed by atoms with E-state index in [1.807, 2.05) is 13.0 Å². The summed E-state index contributed by atoms with van der Waals surface area (Å²) in [5, 5.41) is 9.40. The number of nitrogens with two attached hydrogens (primary N) is 1. The molecule has 1 heterocycles. The first-order chi connectivity index (χ1) is 8.54. The highest BCUT2D eigenvalue weighted by atomic mass is 19.1. The van der Waals surface area contributed by atoms with E-state index in [-0.39, 0.29) is 24.5 Å². The summed E-state index contributed by atoms with van der Waals surface area (Å²) in [6.45, 7) is 4.65. The molecule has 3 N–H and O–H groups in total. The minimum absolute atomic E-state index is 0.132. The van der Waals surface area contributed by atoms with Gasteiger partial charge in [-0.2, -0.15) is 0 Å². The van der Waals surface area contributed by atoms with Gasteiger partial charge in [-0.3, -0.25) is 0 Å². The van der Waals surface area contributed by atoms with Crippen LogP contribution in [0.4, 0.5) is 10.1 Å². The van der Waals surface area contributed by atoms with Crippen molar-refractivity contribution in [1.29, 1.82) is 0 Å². The van der Waals surface area contributed by atoms with Crippen LogP contribution in [0, 0.1) is 12.7 Å². The first-order valence-electron chi connectivity index (χ1n) is 6.47. The molecule has 1 unspecified atom stereocenters. The fourth-order valence-corrected chi connectivity index (χ4v) is 2.64. The van der Waals surface area contributed by atoms with Crippen molar-refractivity contribution in [2.45, 2.75) is 38.8 Å². The molecular formula is C14H21FN2O. The maximum atomic E-state index is 13.7. The first-order valence-corrected chi connectivity index (χ1v) is 6.47. The normalized spacial score (nSPS) is 21.4. The molecule has 1 aromatic carbocycles. The lowest BCUT2D eigenvalue weighted by molar-refractivity contribution is 0.266. The third kappa shape index (κ3) is 2.35. The van der Waals surface area contributed by atoms with Gasteiger partial charge in [0, 0.05) is 18.3 Å². The Morgan fingerprint density at radius 1 is 1.56 bits per heavy atom. The van der Waals surface area contributed by atoms with Crippen molar-refractivity contribution in [1.82, 2.24) is 0 Å². The van der Waals surface area contributed by atoms with Gasteiger partial charge in [-0.05, 0) is 49.9 Å². The summed E-state index contributed by atoms with van der Waals surface area (Å²) in [5.74, 6) is -0.217. The van der Waals surface area contributed by atoms with Gasteiger partial charge in [-0.25, -0.2) is 4.39 Å². The number of nitrogens with zero attached hydrogens (tertiary/aromatic N) is 1. The average molecular weight is 252 g/mol. The Hall–Kier alpha value is -1.13. The molecule has 1 aliphatic heterocycles. The zero-order valence-electron chi connectivity index (χ0n) is 11.0. The summed E-state index contributed by atoms with van der Waals surface area (Å²) in [6.07, 6.45) is 2.03. The number of hydrogen-bond acceptors (Lipinski definition) is 3. The number of rotatable bonds is 3. The van der Waals surface area contributed by atoms with Crippen molar-refractivity contribution in [3.05, 3.63) is 29.1 Å². The molecule has 1 aromatic rings. The smallest absolute Gasteiger partial charge is 0.126 e. The van der Waals surface area contributed by atoms with Crippen LogP contribution >= 0.6 is 0 Å². The van der Waals surface area contributed by atoms with Crippen LogP contribution in [-0.2, 0) is 0 Å². The van der Waals surface area contributed by atoms with Gasteiger partial charge in [0.05, 0.1) is 12.6 Å². The number of aliphatic hydroxyl groups is 1. The predicted molar refractivity (Wildman–Crippen MR) is 71.2 cm³/mol. The Morgan fingerprint density at radius 2 is 2.28 bits per heavy atom. The van der Waals surface area contributed by atoms with Crippen molar-refractivity contribution in [2.24, 2.45) is 5.73 Å². The molecule has 4 heteroatoms. The Bertz CT molecular complexity index is 434. The second kappa shape index (κ2) is 5.24. The minimum Gasteiger partial charge on any atom is -0.394 e. The maximum absolute atomic E-state index is 13.7. The molecular weight excluding hydrogens is 231 g/mol. The summed E-state index contributed by atoms with van der Waals surface area (Å²) < 4.78 is 13.7. The maximum Gasteiger partial charge on any atom is 0.126 e. The lowest BCUT2D eigenvalue weighted by atomic mass is 10.0. The molecule has 18 heavy (non-hydrogen) atoms.